The zero-order valence-corrected chi connectivity index (χ0v) is 10.3. The van der Waals surface area contributed by atoms with Crippen LogP contribution in [-0.2, 0) is 6.42 Å². The number of nitrogens with zero attached hydrogens (tertiary/aromatic N) is 3. The summed E-state index contributed by atoms with van der Waals surface area (Å²) in [5, 5.41) is 4.49. The average molecular weight is 266 g/mol. The van der Waals surface area contributed by atoms with Gasteiger partial charge < -0.3 is 16.0 Å². The van der Waals surface area contributed by atoms with E-state index in [4.69, 9.17) is 27.6 Å². The van der Waals surface area contributed by atoms with Crippen molar-refractivity contribution in [3.05, 3.63) is 35.2 Å². The Balaban J connectivity index is 2.08. The van der Waals surface area contributed by atoms with Gasteiger partial charge in [0.1, 0.15) is 0 Å². The summed E-state index contributed by atoms with van der Waals surface area (Å²) < 4.78 is 5.09. The number of aliphatic imine (C=N–C) groups is 1. The Bertz CT molecular complexity index is 562. The lowest BCUT2D eigenvalue weighted by molar-refractivity contribution is 0.380. The number of rotatable bonds is 4. The fourth-order valence-corrected chi connectivity index (χ4v) is 1.57. The van der Waals surface area contributed by atoms with Crippen molar-refractivity contribution in [3.8, 4) is 11.4 Å². The van der Waals surface area contributed by atoms with Gasteiger partial charge in [-0.05, 0) is 12.1 Å². The van der Waals surface area contributed by atoms with Crippen LogP contribution < -0.4 is 11.5 Å². The molecular weight excluding hydrogens is 254 g/mol. The summed E-state index contributed by atoms with van der Waals surface area (Å²) in [6.45, 7) is 0.416. The quantitative estimate of drug-likeness (QED) is 0.639. The van der Waals surface area contributed by atoms with Gasteiger partial charge in [0.25, 0.3) is 0 Å². The van der Waals surface area contributed by atoms with Gasteiger partial charge >= 0.3 is 0 Å². The second-order valence-electron chi connectivity index (χ2n) is 3.58. The highest BCUT2D eigenvalue weighted by Gasteiger charge is 2.08. The van der Waals surface area contributed by atoms with Crippen LogP contribution in [0.4, 0.5) is 0 Å². The molecule has 1 aromatic carbocycles. The largest absolute Gasteiger partial charge is 0.370 e. The number of guanidine groups is 1. The predicted octanol–water partition coefficient (Wildman–Crippen LogP) is 1.21. The zero-order chi connectivity index (χ0) is 13.0. The van der Waals surface area contributed by atoms with E-state index in [0.717, 1.165) is 5.56 Å². The zero-order valence-electron chi connectivity index (χ0n) is 9.51. The number of hydrogen-bond donors (Lipinski definition) is 2. The minimum atomic E-state index is 0.0459. The average Bonchev–Trinajstić information content (AvgIpc) is 2.77. The molecule has 6 nitrogen and oxygen atoms in total. The van der Waals surface area contributed by atoms with Crippen LogP contribution in [0, 0.1) is 0 Å². The number of halogens is 1. The molecule has 1 aromatic heterocycles. The van der Waals surface area contributed by atoms with E-state index in [1.165, 1.54) is 0 Å². The third kappa shape index (κ3) is 3.21. The highest BCUT2D eigenvalue weighted by Crippen LogP contribution is 2.19. The van der Waals surface area contributed by atoms with Gasteiger partial charge in [0.05, 0.1) is 6.54 Å². The number of nitrogens with two attached hydrogens (primary N) is 2. The number of hydrogen-bond acceptors (Lipinski definition) is 4. The molecule has 0 atom stereocenters. The molecule has 0 fully saturated rings. The summed E-state index contributed by atoms with van der Waals surface area (Å²) in [4.78, 5) is 8.07. The van der Waals surface area contributed by atoms with Crippen molar-refractivity contribution in [2.45, 2.75) is 6.42 Å². The smallest absolute Gasteiger partial charge is 0.228 e. The Labute approximate surface area is 109 Å². The van der Waals surface area contributed by atoms with Gasteiger partial charge in [0, 0.05) is 17.0 Å². The van der Waals surface area contributed by atoms with Gasteiger partial charge in [-0.25, -0.2) is 0 Å². The van der Waals surface area contributed by atoms with Crippen molar-refractivity contribution in [1.29, 1.82) is 0 Å². The number of benzene rings is 1. The van der Waals surface area contributed by atoms with E-state index in [0.29, 0.717) is 29.7 Å². The standard InChI is InChI=1S/C11H12ClN5O/c12-8-3-1-2-7(6-8)10-16-9(18-17-10)4-5-15-11(13)14/h1-3,6H,4-5H2,(H4,13,14,15). The number of aromatic nitrogens is 2. The fourth-order valence-electron chi connectivity index (χ4n) is 1.38. The first-order valence-corrected chi connectivity index (χ1v) is 5.67. The van der Waals surface area contributed by atoms with Gasteiger partial charge in [-0.1, -0.05) is 28.9 Å². The molecule has 0 unspecified atom stereocenters. The Morgan fingerprint density at radius 1 is 1.39 bits per heavy atom. The molecule has 0 bridgehead atoms. The van der Waals surface area contributed by atoms with Gasteiger partial charge in [-0.3, -0.25) is 4.99 Å². The maximum absolute atomic E-state index is 5.89. The minimum absolute atomic E-state index is 0.0459. The molecule has 94 valence electrons. The summed E-state index contributed by atoms with van der Waals surface area (Å²) in [6.07, 6.45) is 0.492. The molecule has 2 aromatic rings. The normalized spacial score (nSPS) is 10.3. The summed E-state index contributed by atoms with van der Waals surface area (Å²) in [5.41, 5.74) is 11.2. The maximum atomic E-state index is 5.89. The summed E-state index contributed by atoms with van der Waals surface area (Å²) in [5.74, 6) is 1.02. The third-order valence-electron chi connectivity index (χ3n) is 2.17. The van der Waals surface area contributed by atoms with Crippen LogP contribution in [0.15, 0.2) is 33.8 Å². The summed E-state index contributed by atoms with van der Waals surface area (Å²) >= 11 is 5.89. The van der Waals surface area contributed by atoms with Crippen LogP contribution in [0.25, 0.3) is 11.4 Å². The maximum Gasteiger partial charge on any atom is 0.228 e. The van der Waals surface area contributed by atoms with Gasteiger partial charge in [0.2, 0.25) is 11.7 Å². The first-order chi connectivity index (χ1) is 8.65. The predicted molar refractivity (Wildman–Crippen MR) is 69.1 cm³/mol. The Kier molecular flexibility index (Phi) is 3.78. The molecule has 7 heteroatoms. The molecule has 0 spiro atoms. The Morgan fingerprint density at radius 2 is 2.22 bits per heavy atom. The van der Waals surface area contributed by atoms with E-state index in [-0.39, 0.29) is 5.96 Å². The van der Waals surface area contributed by atoms with Crippen LogP contribution in [0.1, 0.15) is 5.89 Å². The van der Waals surface area contributed by atoms with E-state index in [1.807, 2.05) is 12.1 Å². The SMILES string of the molecule is NC(N)=NCCc1nc(-c2cccc(Cl)c2)no1. The van der Waals surface area contributed by atoms with Crippen molar-refractivity contribution in [1.82, 2.24) is 10.1 Å². The van der Waals surface area contributed by atoms with E-state index >= 15 is 0 Å². The van der Waals surface area contributed by atoms with Gasteiger partial charge in [0.15, 0.2) is 5.96 Å². The lowest BCUT2D eigenvalue weighted by Crippen LogP contribution is -2.23. The summed E-state index contributed by atoms with van der Waals surface area (Å²) in [6, 6.07) is 7.24. The van der Waals surface area contributed by atoms with Gasteiger partial charge in [-0.15, -0.1) is 0 Å². The molecule has 0 aliphatic carbocycles. The topological polar surface area (TPSA) is 103 Å². The van der Waals surface area contributed by atoms with E-state index in [9.17, 15) is 0 Å². The summed E-state index contributed by atoms with van der Waals surface area (Å²) in [7, 11) is 0. The minimum Gasteiger partial charge on any atom is -0.370 e. The molecule has 0 saturated carbocycles. The van der Waals surface area contributed by atoms with Crippen LogP contribution in [0.2, 0.25) is 5.02 Å². The Hall–Kier alpha value is -2.08. The molecule has 1 heterocycles. The molecule has 0 aliphatic heterocycles. The van der Waals surface area contributed by atoms with Crippen molar-refractivity contribution in [3.63, 3.8) is 0 Å². The van der Waals surface area contributed by atoms with Crippen molar-refractivity contribution in [2.75, 3.05) is 6.54 Å². The second-order valence-corrected chi connectivity index (χ2v) is 4.02. The lowest BCUT2D eigenvalue weighted by atomic mass is 10.2. The van der Waals surface area contributed by atoms with E-state index in [2.05, 4.69) is 15.1 Å². The van der Waals surface area contributed by atoms with Crippen LogP contribution in [-0.4, -0.2) is 22.6 Å². The highest BCUT2D eigenvalue weighted by molar-refractivity contribution is 6.30. The van der Waals surface area contributed by atoms with Crippen molar-refractivity contribution in [2.24, 2.45) is 16.5 Å². The first kappa shape index (κ1) is 12.4. The molecule has 4 N–H and O–H groups in total. The molecule has 0 amide bonds. The second kappa shape index (κ2) is 5.50. The first-order valence-electron chi connectivity index (χ1n) is 5.29. The molecule has 0 saturated heterocycles. The monoisotopic (exact) mass is 265 g/mol. The molecule has 0 radical (unpaired) electrons. The fraction of sp³-hybridized carbons (Fsp3) is 0.182. The molecular formula is C11H12ClN5O. The molecule has 0 aliphatic rings. The van der Waals surface area contributed by atoms with E-state index in [1.54, 1.807) is 12.1 Å². The van der Waals surface area contributed by atoms with Crippen LogP contribution >= 0.6 is 11.6 Å². The van der Waals surface area contributed by atoms with Crippen molar-refractivity contribution < 1.29 is 4.52 Å². The Morgan fingerprint density at radius 3 is 2.94 bits per heavy atom. The highest BCUT2D eigenvalue weighted by atomic mass is 35.5. The van der Waals surface area contributed by atoms with Crippen LogP contribution in [0.3, 0.4) is 0 Å². The third-order valence-corrected chi connectivity index (χ3v) is 2.41. The van der Waals surface area contributed by atoms with Crippen LogP contribution in [0.5, 0.6) is 0 Å². The van der Waals surface area contributed by atoms with Gasteiger partial charge in [-0.2, -0.15) is 4.98 Å². The van der Waals surface area contributed by atoms with Crippen molar-refractivity contribution >= 4 is 17.6 Å². The van der Waals surface area contributed by atoms with E-state index < -0.39 is 0 Å². The molecule has 2 rings (SSSR count). The molecule has 18 heavy (non-hydrogen) atoms. The lowest BCUT2D eigenvalue weighted by Gasteiger charge is -1.93.